The lowest BCUT2D eigenvalue weighted by Gasteiger charge is -2.11. The summed E-state index contributed by atoms with van der Waals surface area (Å²) in [4.78, 5) is 0.258. The summed E-state index contributed by atoms with van der Waals surface area (Å²) in [6, 6.07) is 6.91. The van der Waals surface area contributed by atoms with E-state index in [0.717, 1.165) is 18.4 Å². The Morgan fingerprint density at radius 3 is 2.47 bits per heavy atom. The zero-order valence-corrected chi connectivity index (χ0v) is 12.8. The number of rotatable bonds is 8. The maximum absolute atomic E-state index is 12.0. The van der Waals surface area contributed by atoms with Gasteiger partial charge in [-0.3, -0.25) is 0 Å². The van der Waals surface area contributed by atoms with Gasteiger partial charge in [0.2, 0.25) is 10.0 Å². The predicted molar refractivity (Wildman–Crippen MR) is 77.1 cm³/mol. The molecular formula is C13H20ClNO3S. The monoisotopic (exact) mass is 305 g/mol. The first-order valence-corrected chi connectivity index (χ1v) is 8.13. The van der Waals surface area contributed by atoms with Crippen LogP contribution in [-0.2, 0) is 21.2 Å². The standard InChI is InChI=1S/C13H20ClNO3S/c1-3-4-11-5-7-13(8-6-11)19(16,17)15-9-12(14)10-18-2/h5-8,12,15H,3-4,9-10H2,1-2H3. The van der Waals surface area contributed by atoms with Crippen LogP contribution in [0, 0.1) is 0 Å². The van der Waals surface area contributed by atoms with Crippen LogP contribution in [0.2, 0.25) is 0 Å². The molecule has 0 heterocycles. The molecule has 0 aliphatic heterocycles. The molecule has 1 N–H and O–H groups in total. The van der Waals surface area contributed by atoms with E-state index in [4.69, 9.17) is 16.3 Å². The number of methoxy groups -OCH3 is 1. The molecule has 1 atom stereocenters. The molecule has 0 spiro atoms. The lowest BCUT2D eigenvalue weighted by Crippen LogP contribution is -2.31. The smallest absolute Gasteiger partial charge is 0.240 e. The number of hydrogen-bond donors (Lipinski definition) is 1. The highest BCUT2D eigenvalue weighted by Crippen LogP contribution is 2.12. The van der Waals surface area contributed by atoms with Crippen LogP contribution in [0.15, 0.2) is 29.2 Å². The zero-order chi connectivity index (χ0) is 14.3. The van der Waals surface area contributed by atoms with Gasteiger partial charge < -0.3 is 4.74 Å². The minimum Gasteiger partial charge on any atom is -0.383 e. The van der Waals surface area contributed by atoms with E-state index in [2.05, 4.69) is 11.6 Å². The van der Waals surface area contributed by atoms with Crippen LogP contribution < -0.4 is 4.72 Å². The first-order chi connectivity index (χ1) is 8.99. The van der Waals surface area contributed by atoms with Gasteiger partial charge in [-0.05, 0) is 24.1 Å². The van der Waals surface area contributed by atoms with Gasteiger partial charge in [-0.2, -0.15) is 0 Å². The van der Waals surface area contributed by atoms with Crippen molar-refractivity contribution in [2.24, 2.45) is 0 Å². The van der Waals surface area contributed by atoms with Crippen molar-refractivity contribution >= 4 is 21.6 Å². The summed E-state index contributed by atoms with van der Waals surface area (Å²) in [6.45, 7) is 2.54. The molecule has 1 unspecified atom stereocenters. The molecule has 1 aromatic carbocycles. The number of alkyl halides is 1. The minimum absolute atomic E-state index is 0.147. The number of hydrogen-bond acceptors (Lipinski definition) is 3. The number of sulfonamides is 1. The molecule has 0 bridgehead atoms. The van der Waals surface area contributed by atoms with Gasteiger partial charge in [-0.25, -0.2) is 13.1 Å². The van der Waals surface area contributed by atoms with Crippen molar-refractivity contribution in [3.63, 3.8) is 0 Å². The Kier molecular flexibility index (Phi) is 6.79. The summed E-state index contributed by atoms with van der Waals surface area (Å²) < 4.78 is 31.3. The van der Waals surface area contributed by atoms with E-state index in [-0.39, 0.29) is 16.8 Å². The topological polar surface area (TPSA) is 55.4 Å². The Morgan fingerprint density at radius 1 is 1.32 bits per heavy atom. The predicted octanol–water partition coefficient (Wildman–Crippen LogP) is 2.17. The van der Waals surface area contributed by atoms with Crippen LogP contribution in [-0.4, -0.2) is 34.1 Å². The van der Waals surface area contributed by atoms with Crippen LogP contribution in [0.5, 0.6) is 0 Å². The third kappa shape index (κ3) is 5.48. The summed E-state index contributed by atoms with van der Waals surface area (Å²) in [5.74, 6) is 0. The van der Waals surface area contributed by atoms with E-state index in [9.17, 15) is 8.42 Å². The SMILES string of the molecule is CCCc1ccc(S(=O)(=O)NCC(Cl)COC)cc1. The molecule has 0 saturated heterocycles. The second-order valence-electron chi connectivity index (χ2n) is 4.30. The summed E-state index contributed by atoms with van der Waals surface area (Å²) in [5, 5.41) is -0.376. The second-order valence-corrected chi connectivity index (χ2v) is 6.68. The quantitative estimate of drug-likeness (QED) is 0.749. The lowest BCUT2D eigenvalue weighted by molar-refractivity contribution is 0.198. The Morgan fingerprint density at radius 2 is 1.95 bits per heavy atom. The van der Waals surface area contributed by atoms with Crippen LogP contribution in [0.3, 0.4) is 0 Å². The molecule has 1 rings (SSSR count). The molecule has 108 valence electrons. The summed E-state index contributed by atoms with van der Waals surface area (Å²) >= 11 is 5.89. The van der Waals surface area contributed by atoms with E-state index in [1.165, 1.54) is 7.11 Å². The number of nitrogens with one attached hydrogen (secondary N) is 1. The number of halogens is 1. The van der Waals surface area contributed by atoms with Gasteiger partial charge in [0.1, 0.15) is 0 Å². The van der Waals surface area contributed by atoms with Crippen LogP contribution >= 0.6 is 11.6 Å². The van der Waals surface area contributed by atoms with Gasteiger partial charge in [0, 0.05) is 13.7 Å². The average Bonchev–Trinajstić information content (AvgIpc) is 2.38. The molecule has 0 radical (unpaired) electrons. The molecule has 0 saturated carbocycles. The molecule has 1 aromatic rings. The van der Waals surface area contributed by atoms with Crippen LogP contribution in [0.25, 0.3) is 0 Å². The van der Waals surface area contributed by atoms with Crippen molar-refractivity contribution < 1.29 is 13.2 Å². The molecule has 0 aromatic heterocycles. The normalized spacial score (nSPS) is 13.4. The summed E-state index contributed by atoms with van der Waals surface area (Å²) in [7, 11) is -1.97. The van der Waals surface area contributed by atoms with Gasteiger partial charge in [0.25, 0.3) is 0 Å². The Bertz CT molecular complexity index is 473. The molecular weight excluding hydrogens is 286 g/mol. The van der Waals surface area contributed by atoms with Crippen molar-refractivity contribution in [1.29, 1.82) is 0 Å². The fourth-order valence-corrected chi connectivity index (χ4v) is 3.02. The van der Waals surface area contributed by atoms with Gasteiger partial charge in [-0.15, -0.1) is 11.6 Å². The molecule has 0 aliphatic rings. The third-order valence-electron chi connectivity index (χ3n) is 2.61. The zero-order valence-electron chi connectivity index (χ0n) is 11.2. The Hall–Kier alpha value is -0.620. The Labute approximate surface area is 120 Å². The van der Waals surface area contributed by atoms with Crippen molar-refractivity contribution in [3.05, 3.63) is 29.8 Å². The van der Waals surface area contributed by atoms with Crippen molar-refractivity contribution in [2.75, 3.05) is 20.3 Å². The Balaban J connectivity index is 2.66. The lowest BCUT2D eigenvalue weighted by atomic mass is 10.1. The molecule has 6 heteroatoms. The summed E-state index contributed by atoms with van der Waals surface area (Å²) in [5.41, 5.74) is 1.14. The molecule has 0 fully saturated rings. The highest BCUT2D eigenvalue weighted by molar-refractivity contribution is 7.89. The maximum atomic E-state index is 12.0. The largest absolute Gasteiger partial charge is 0.383 e. The van der Waals surface area contributed by atoms with Gasteiger partial charge in [0.15, 0.2) is 0 Å². The van der Waals surface area contributed by atoms with E-state index < -0.39 is 10.0 Å². The van der Waals surface area contributed by atoms with Crippen LogP contribution in [0.1, 0.15) is 18.9 Å². The number of aryl methyl sites for hydroxylation is 1. The highest BCUT2D eigenvalue weighted by atomic mass is 35.5. The molecule has 0 amide bonds. The molecule has 19 heavy (non-hydrogen) atoms. The number of ether oxygens (including phenoxy) is 1. The van der Waals surface area contributed by atoms with Gasteiger partial charge in [0.05, 0.1) is 16.9 Å². The van der Waals surface area contributed by atoms with E-state index in [0.29, 0.717) is 6.61 Å². The fourth-order valence-electron chi connectivity index (χ4n) is 1.65. The number of benzene rings is 1. The summed E-state index contributed by atoms with van der Waals surface area (Å²) in [6.07, 6.45) is 1.99. The van der Waals surface area contributed by atoms with E-state index >= 15 is 0 Å². The van der Waals surface area contributed by atoms with Crippen molar-refractivity contribution in [2.45, 2.75) is 30.0 Å². The van der Waals surface area contributed by atoms with Crippen molar-refractivity contribution in [1.82, 2.24) is 4.72 Å². The van der Waals surface area contributed by atoms with Crippen molar-refractivity contribution in [3.8, 4) is 0 Å². The fraction of sp³-hybridized carbons (Fsp3) is 0.538. The van der Waals surface area contributed by atoms with E-state index in [1.807, 2.05) is 12.1 Å². The second kappa shape index (κ2) is 7.85. The highest BCUT2D eigenvalue weighted by Gasteiger charge is 2.15. The molecule has 0 aliphatic carbocycles. The third-order valence-corrected chi connectivity index (χ3v) is 4.33. The van der Waals surface area contributed by atoms with Gasteiger partial charge >= 0.3 is 0 Å². The first kappa shape index (κ1) is 16.4. The van der Waals surface area contributed by atoms with Gasteiger partial charge in [-0.1, -0.05) is 25.5 Å². The maximum Gasteiger partial charge on any atom is 0.240 e. The van der Waals surface area contributed by atoms with Crippen LogP contribution in [0.4, 0.5) is 0 Å². The molecule has 4 nitrogen and oxygen atoms in total. The minimum atomic E-state index is -3.50. The average molecular weight is 306 g/mol. The first-order valence-electron chi connectivity index (χ1n) is 6.21. The van der Waals surface area contributed by atoms with E-state index in [1.54, 1.807) is 12.1 Å².